The van der Waals surface area contributed by atoms with Gasteiger partial charge in [-0.15, -0.1) is 0 Å². The van der Waals surface area contributed by atoms with Gasteiger partial charge >= 0.3 is 0 Å². The van der Waals surface area contributed by atoms with E-state index in [4.69, 9.17) is 5.26 Å². The quantitative estimate of drug-likeness (QED) is 0.381. The first-order valence-corrected chi connectivity index (χ1v) is 2.21. The molecular weight excluding hydrogens is 88.1 g/mol. The maximum Gasteiger partial charge on any atom is 0.0622 e. The topological polar surface area (TPSA) is 36.1 Å². The normalized spacial score (nSPS) is 7.29. The second kappa shape index (κ2) is 5.16. The minimum atomic E-state index is 0.596. The maximum absolute atomic E-state index is 7.98. The van der Waals surface area contributed by atoms with E-state index in [1.54, 1.807) is 0 Å². The van der Waals surface area contributed by atoms with Crippen molar-refractivity contribution < 1.29 is 0 Å². The van der Waals surface area contributed by atoms with Crippen molar-refractivity contribution in [3.63, 3.8) is 0 Å². The molecule has 0 aliphatic heterocycles. The van der Waals surface area contributed by atoms with Gasteiger partial charge in [0.15, 0.2) is 0 Å². The number of hydrogen-bond acceptors (Lipinski definition) is 2. The number of rotatable bonds is 3. The van der Waals surface area contributed by atoms with Crippen LogP contribution in [-0.4, -0.2) is 13.3 Å². The van der Waals surface area contributed by atoms with Crippen molar-refractivity contribution in [1.29, 1.82) is 5.26 Å². The fraction of sp³-hybridized carbons (Fsp3) is 0.600. The Morgan fingerprint density at radius 2 is 2.43 bits per heavy atom. The van der Waals surface area contributed by atoms with Gasteiger partial charge in [-0.3, -0.25) is 0 Å². The summed E-state index contributed by atoms with van der Waals surface area (Å²) in [6.45, 7) is 3.99. The van der Waals surface area contributed by atoms with Gasteiger partial charge in [0.05, 0.1) is 6.07 Å². The molecule has 0 N–H and O–H groups in total. The minimum absolute atomic E-state index is 0.596. The van der Waals surface area contributed by atoms with Crippen molar-refractivity contribution in [2.75, 3.05) is 6.54 Å². The van der Waals surface area contributed by atoms with Crippen molar-refractivity contribution in [2.24, 2.45) is 4.99 Å². The van der Waals surface area contributed by atoms with Crippen LogP contribution in [0.1, 0.15) is 12.8 Å². The molecule has 0 saturated carbocycles. The Bertz CT molecular complexity index is 80.6. The summed E-state index contributed by atoms with van der Waals surface area (Å²) in [6, 6.07) is 2.01. The largest absolute Gasteiger partial charge is 0.301 e. The van der Waals surface area contributed by atoms with Gasteiger partial charge in [-0.05, 0) is 13.1 Å². The molecule has 0 aliphatic carbocycles. The average Bonchev–Trinajstić information content (AvgIpc) is 1.69. The van der Waals surface area contributed by atoms with E-state index in [0.717, 1.165) is 6.42 Å². The molecule has 0 saturated heterocycles. The molecule has 0 aliphatic rings. The Kier molecular flexibility index (Phi) is 4.54. The van der Waals surface area contributed by atoms with E-state index in [2.05, 4.69) is 11.7 Å². The zero-order valence-corrected chi connectivity index (χ0v) is 4.22. The van der Waals surface area contributed by atoms with Gasteiger partial charge in [-0.1, -0.05) is 0 Å². The van der Waals surface area contributed by atoms with Crippen LogP contribution in [0.25, 0.3) is 0 Å². The van der Waals surface area contributed by atoms with Gasteiger partial charge in [0.1, 0.15) is 0 Å². The molecule has 0 radical (unpaired) electrons. The monoisotopic (exact) mass is 96.1 g/mol. The molecule has 0 aromatic heterocycles. The van der Waals surface area contributed by atoms with Crippen LogP contribution in [0.4, 0.5) is 0 Å². The Morgan fingerprint density at radius 1 is 1.71 bits per heavy atom. The first-order chi connectivity index (χ1) is 3.41. The van der Waals surface area contributed by atoms with Crippen molar-refractivity contribution in [1.82, 2.24) is 0 Å². The van der Waals surface area contributed by atoms with Gasteiger partial charge in [-0.25, -0.2) is 0 Å². The summed E-state index contributed by atoms with van der Waals surface area (Å²) >= 11 is 0. The van der Waals surface area contributed by atoms with Crippen LogP contribution in [0.5, 0.6) is 0 Å². The first kappa shape index (κ1) is 6.16. The van der Waals surface area contributed by atoms with Crippen LogP contribution < -0.4 is 0 Å². The van der Waals surface area contributed by atoms with Crippen molar-refractivity contribution in [2.45, 2.75) is 12.8 Å². The Balaban J connectivity index is 2.72. The summed E-state index contributed by atoms with van der Waals surface area (Å²) in [5.41, 5.74) is 0. The van der Waals surface area contributed by atoms with Crippen LogP contribution in [0.3, 0.4) is 0 Å². The lowest BCUT2D eigenvalue weighted by molar-refractivity contribution is 0.868. The molecule has 0 amide bonds. The molecule has 2 nitrogen and oxygen atoms in total. The van der Waals surface area contributed by atoms with E-state index in [9.17, 15) is 0 Å². The van der Waals surface area contributed by atoms with E-state index < -0.39 is 0 Å². The second-order valence-electron chi connectivity index (χ2n) is 1.21. The third-order valence-electron chi connectivity index (χ3n) is 0.605. The van der Waals surface area contributed by atoms with E-state index >= 15 is 0 Å². The number of hydrogen-bond donors (Lipinski definition) is 0. The summed E-state index contributed by atoms with van der Waals surface area (Å²) in [4.78, 5) is 3.57. The molecule has 0 atom stereocenters. The molecule has 0 spiro atoms. The second-order valence-corrected chi connectivity index (χ2v) is 1.21. The lowest BCUT2D eigenvalue weighted by Crippen LogP contribution is -1.75. The summed E-state index contributed by atoms with van der Waals surface area (Å²) in [5.74, 6) is 0. The zero-order chi connectivity index (χ0) is 5.54. The Morgan fingerprint density at radius 3 is 2.86 bits per heavy atom. The summed E-state index contributed by atoms with van der Waals surface area (Å²) in [7, 11) is 0. The van der Waals surface area contributed by atoms with Crippen LogP contribution >= 0.6 is 0 Å². The minimum Gasteiger partial charge on any atom is -0.301 e. The third kappa shape index (κ3) is 5.16. The molecule has 0 unspecified atom stereocenters. The molecule has 0 bridgehead atoms. The predicted octanol–water partition coefficient (Wildman–Crippen LogP) is 0.991. The number of aliphatic imine (C=N–C) groups is 1. The standard InChI is InChI=1S/C5H8N2/c1-7-5-3-2-4-6/h1-3,5H2. The van der Waals surface area contributed by atoms with Crippen LogP contribution in [0, 0.1) is 11.3 Å². The third-order valence-corrected chi connectivity index (χ3v) is 0.605. The Labute approximate surface area is 43.5 Å². The summed E-state index contributed by atoms with van der Waals surface area (Å²) in [5, 5.41) is 7.98. The average molecular weight is 96.1 g/mol. The smallest absolute Gasteiger partial charge is 0.0622 e. The van der Waals surface area contributed by atoms with Crippen molar-refractivity contribution in [3.8, 4) is 6.07 Å². The van der Waals surface area contributed by atoms with Gasteiger partial charge in [0, 0.05) is 13.0 Å². The molecule has 38 valence electrons. The summed E-state index contributed by atoms with van der Waals surface area (Å²) in [6.07, 6.45) is 1.44. The van der Waals surface area contributed by atoms with E-state index in [0.29, 0.717) is 13.0 Å². The van der Waals surface area contributed by atoms with E-state index in [1.165, 1.54) is 0 Å². The highest BCUT2D eigenvalue weighted by Crippen LogP contribution is 1.83. The summed E-state index contributed by atoms with van der Waals surface area (Å²) < 4.78 is 0. The molecule has 0 rings (SSSR count). The molecular formula is C5H8N2. The molecule has 2 heteroatoms. The van der Waals surface area contributed by atoms with Gasteiger partial charge in [-0.2, -0.15) is 5.26 Å². The van der Waals surface area contributed by atoms with E-state index in [1.807, 2.05) is 6.07 Å². The zero-order valence-electron chi connectivity index (χ0n) is 4.22. The fourth-order valence-corrected chi connectivity index (χ4v) is 0.270. The van der Waals surface area contributed by atoms with Gasteiger partial charge < -0.3 is 4.99 Å². The highest BCUT2D eigenvalue weighted by atomic mass is 14.7. The SMILES string of the molecule is C=NCCCC#N. The highest BCUT2D eigenvalue weighted by molar-refractivity contribution is 5.22. The fourth-order valence-electron chi connectivity index (χ4n) is 0.270. The van der Waals surface area contributed by atoms with E-state index in [-0.39, 0.29) is 0 Å². The lowest BCUT2D eigenvalue weighted by Gasteiger charge is -1.80. The van der Waals surface area contributed by atoms with Crippen LogP contribution in [0.2, 0.25) is 0 Å². The number of nitriles is 1. The van der Waals surface area contributed by atoms with Crippen LogP contribution in [-0.2, 0) is 0 Å². The van der Waals surface area contributed by atoms with Gasteiger partial charge in [0.2, 0.25) is 0 Å². The Hall–Kier alpha value is -0.840. The van der Waals surface area contributed by atoms with Crippen molar-refractivity contribution in [3.05, 3.63) is 0 Å². The van der Waals surface area contributed by atoms with Crippen molar-refractivity contribution >= 4 is 6.72 Å². The molecule has 0 fully saturated rings. The van der Waals surface area contributed by atoms with Gasteiger partial charge in [0.25, 0.3) is 0 Å². The molecule has 0 aromatic rings. The molecule has 7 heavy (non-hydrogen) atoms. The maximum atomic E-state index is 7.98. The lowest BCUT2D eigenvalue weighted by atomic mass is 10.3. The number of nitrogens with zero attached hydrogens (tertiary/aromatic N) is 2. The predicted molar refractivity (Wildman–Crippen MR) is 29.3 cm³/mol. The van der Waals surface area contributed by atoms with Crippen LogP contribution in [0.15, 0.2) is 4.99 Å². The molecule has 0 aromatic carbocycles. The molecule has 0 heterocycles. The number of unbranched alkanes of at least 4 members (excludes halogenated alkanes) is 1. The highest BCUT2D eigenvalue weighted by Gasteiger charge is 1.77. The first-order valence-electron chi connectivity index (χ1n) is 2.21.